The Hall–Kier alpha value is -1.81. The molecule has 2 heterocycles. The van der Waals surface area contributed by atoms with Gasteiger partial charge in [-0.15, -0.1) is 0 Å². The number of aliphatic hydroxyl groups is 1. The number of anilines is 1. The maximum absolute atomic E-state index is 10.3. The smallest absolute Gasteiger partial charge is 0.0910 e. The summed E-state index contributed by atoms with van der Waals surface area (Å²) in [5.41, 5.74) is 2.68. The van der Waals surface area contributed by atoms with Gasteiger partial charge in [-0.05, 0) is 37.0 Å². The maximum Gasteiger partial charge on any atom is 0.0910 e. The molecular weight excluding hydrogens is 250 g/mol. The van der Waals surface area contributed by atoms with Crippen LogP contribution in [0.2, 0.25) is 0 Å². The van der Waals surface area contributed by atoms with E-state index in [1.54, 1.807) is 10.9 Å². The molecule has 20 heavy (non-hydrogen) atoms. The Kier molecular flexibility index (Phi) is 4.02. The lowest BCUT2D eigenvalue weighted by Gasteiger charge is -2.27. The van der Waals surface area contributed by atoms with Gasteiger partial charge in [0.2, 0.25) is 0 Å². The van der Waals surface area contributed by atoms with Gasteiger partial charge in [-0.2, -0.15) is 5.10 Å². The van der Waals surface area contributed by atoms with Crippen molar-refractivity contribution in [3.63, 3.8) is 0 Å². The Labute approximate surface area is 119 Å². The van der Waals surface area contributed by atoms with E-state index >= 15 is 0 Å². The number of hydrogen-bond donors (Lipinski definition) is 1. The summed E-state index contributed by atoms with van der Waals surface area (Å²) in [6.07, 6.45) is 6.78. The van der Waals surface area contributed by atoms with Crippen LogP contribution in [0.1, 0.15) is 18.4 Å². The third-order valence-corrected chi connectivity index (χ3v) is 3.84. The molecule has 2 aromatic rings. The predicted octanol–water partition coefficient (Wildman–Crippen LogP) is 2.09. The third kappa shape index (κ3) is 3.02. The van der Waals surface area contributed by atoms with Crippen LogP contribution in [0.5, 0.6) is 0 Å². The van der Waals surface area contributed by atoms with Crippen LogP contribution in [0.15, 0.2) is 42.7 Å². The van der Waals surface area contributed by atoms with Gasteiger partial charge in [0.05, 0.1) is 12.6 Å². The van der Waals surface area contributed by atoms with Crippen molar-refractivity contribution in [2.24, 2.45) is 0 Å². The third-order valence-electron chi connectivity index (χ3n) is 3.84. The lowest BCUT2D eigenvalue weighted by atomic mass is 10.1. The average Bonchev–Trinajstić information content (AvgIpc) is 2.87. The number of aryl methyl sites for hydroxylation is 1. The lowest BCUT2D eigenvalue weighted by Crippen LogP contribution is -2.35. The Morgan fingerprint density at radius 3 is 2.90 bits per heavy atom. The molecule has 1 aliphatic heterocycles. The molecule has 106 valence electrons. The zero-order valence-corrected chi connectivity index (χ0v) is 11.7. The van der Waals surface area contributed by atoms with Crippen molar-refractivity contribution in [2.75, 3.05) is 18.0 Å². The van der Waals surface area contributed by atoms with Crippen LogP contribution in [0.4, 0.5) is 5.69 Å². The van der Waals surface area contributed by atoms with Crippen LogP contribution in [0, 0.1) is 0 Å². The minimum atomic E-state index is -0.402. The molecule has 1 aromatic heterocycles. The number of fused-ring (bicyclic) bond motifs is 1. The molecule has 3 rings (SSSR count). The second-order valence-corrected chi connectivity index (χ2v) is 5.41. The normalized spacial score (nSPS) is 16.6. The molecule has 0 radical (unpaired) electrons. The molecule has 1 aromatic carbocycles. The molecule has 1 N–H and O–H groups in total. The number of para-hydroxylation sites is 1. The van der Waals surface area contributed by atoms with Gasteiger partial charge in [-0.25, -0.2) is 0 Å². The van der Waals surface area contributed by atoms with Gasteiger partial charge in [-0.1, -0.05) is 18.2 Å². The van der Waals surface area contributed by atoms with E-state index in [2.05, 4.69) is 34.3 Å². The van der Waals surface area contributed by atoms with Crippen molar-refractivity contribution in [3.8, 4) is 0 Å². The molecule has 0 amide bonds. The molecule has 4 heteroatoms. The number of rotatable bonds is 4. The molecule has 0 bridgehead atoms. The van der Waals surface area contributed by atoms with Crippen LogP contribution >= 0.6 is 0 Å². The zero-order chi connectivity index (χ0) is 13.8. The summed E-state index contributed by atoms with van der Waals surface area (Å²) in [6.45, 7) is 2.23. The monoisotopic (exact) mass is 271 g/mol. The van der Waals surface area contributed by atoms with Crippen molar-refractivity contribution >= 4 is 5.69 Å². The van der Waals surface area contributed by atoms with Crippen LogP contribution < -0.4 is 4.90 Å². The summed E-state index contributed by atoms with van der Waals surface area (Å²) < 4.78 is 1.79. The van der Waals surface area contributed by atoms with Crippen molar-refractivity contribution in [1.82, 2.24) is 9.78 Å². The molecule has 1 atom stereocenters. The molecule has 0 saturated carbocycles. The average molecular weight is 271 g/mol. The van der Waals surface area contributed by atoms with Crippen LogP contribution in [0.3, 0.4) is 0 Å². The maximum atomic E-state index is 10.3. The number of β-amino-alcohol motifs (C(OH)–C–C–N with tert-alkyl or cyclic N) is 1. The first-order valence-corrected chi connectivity index (χ1v) is 7.31. The van der Waals surface area contributed by atoms with Crippen LogP contribution in [-0.2, 0) is 13.0 Å². The predicted molar refractivity (Wildman–Crippen MR) is 79.8 cm³/mol. The highest BCUT2D eigenvalue weighted by atomic mass is 16.3. The number of benzene rings is 1. The molecule has 0 spiro atoms. The number of hydrogen-bond acceptors (Lipinski definition) is 3. The van der Waals surface area contributed by atoms with Gasteiger partial charge < -0.3 is 10.0 Å². The highest BCUT2D eigenvalue weighted by Gasteiger charge is 2.18. The van der Waals surface area contributed by atoms with Gasteiger partial charge in [0, 0.05) is 31.2 Å². The van der Waals surface area contributed by atoms with Gasteiger partial charge in [-0.3, -0.25) is 4.68 Å². The minimum Gasteiger partial charge on any atom is -0.389 e. The van der Waals surface area contributed by atoms with Gasteiger partial charge in [0.15, 0.2) is 0 Å². The number of aliphatic hydroxyl groups excluding tert-OH is 1. The number of nitrogens with zero attached hydrogens (tertiary/aromatic N) is 3. The summed E-state index contributed by atoms with van der Waals surface area (Å²) in [5.74, 6) is 0. The van der Waals surface area contributed by atoms with E-state index in [4.69, 9.17) is 0 Å². The van der Waals surface area contributed by atoms with Crippen molar-refractivity contribution in [2.45, 2.75) is 31.9 Å². The number of aromatic nitrogens is 2. The summed E-state index contributed by atoms with van der Waals surface area (Å²) in [6, 6.07) is 10.4. The van der Waals surface area contributed by atoms with Crippen LogP contribution in [-0.4, -0.2) is 34.1 Å². The molecule has 4 nitrogen and oxygen atoms in total. The van der Waals surface area contributed by atoms with E-state index in [9.17, 15) is 5.11 Å². The molecule has 0 saturated heterocycles. The van der Waals surface area contributed by atoms with E-state index in [0.717, 1.165) is 13.0 Å². The molecule has 0 unspecified atom stereocenters. The fourth-order valence-corrected chi connectivity index (χ4v) is 2.90. The summed E-state index contributed by atoms with van der Waals surface area (Å²) in [7, 11) is 0. The largest absolute Gasteiger partial charge is 0.389 e. The van der Waals surface area contributed by atoms with E-state index in [0.29, 0.717) is 13.1 Å². The van der Waals surface area contributed by atoms with Gasteiger partial charge in [0.25, 0.3) is 0 Å². The SMILES string of the molecule is O[C@H](CN1CCCCc2ccccc21)Cn1cccn1. The van der Waals surface area contributed by atoms with E-state index in [1.165, 1.54) is 24.1 Å². The standard InChI is InChI=1S/C16H21N3O/c20-15(13-19-11-5-9-17-19)12-18-10-4-3-7-14-6-1-2-8-16(14)18/h1-2,5-6,8-9,11,15,20H,3-4,7,10,12-13H2/t15-/m1/s1. The first-order valence-electron chi connectivity index (χ1n) is 7.31. The summed E-state index contributed by atoms with van der Waals surface area (Å²) in [5, 5.41) is 14.4. The highest BCUT2D eigenvalue weighted by molar-refractivity contribution is 5.54. The Morgan fingerprint density at radius 2 is 2.05 bits per heavy atom. The quantitative estimate of drug-likeness (QED) is 0.925. The van der Waals surface area contributed by atoms with Crippen LogP contribution in [0.25, 0.3) is 0 Å². The Morgan fingerprint density at radius 1 is 1.15 bits per heavy atom. The highest BCUT2D eigenvalue weighted by Crippen LogP contribution is 2.26. The fraction of sp³-hybridized carbons (Fsp3) is 0.438. The fourth-order valence-electron chi connectivity index (χ4n) is 2.90. The van der Waals surface area contributed by atoms with Crippen molar-refractivity contribution < 1.29 is 5.11 Å². The van der Waals surface area contributed by atoms with Crippen molar-refractivity contribution in [1.29, 1.82) is 0 Å². The molecular formula is C16H21N3O. The van der Waals surface area contributed by atoms with Crippen molar-refractivity contribution in [3.05, 3.63) is 48.3 Å². The summed E-state index contributed by atoms with van der Waals surface area (Å²) in [4.78, 5) is 2.32. The zero-order valence-electron chi connectivity index (χ0n) is 11.7. The van der Waals surface area contributed by atoms with Gasteiger partial charge in [0.1, 0.15) is 0 Å². The Bertz CT molecular complexity index is 538. The lowest BCUT2D eigenvalue weighted by molar-refractivity contribution is 0.154. The molecule has 1 aliphatic rings. The molecule has 0 aliphatic carbocycles. The first kappa shape index (κ1) is 13.2. The second kappa shape index (κ2) is 6.09. The second-order valence-electron chi connectivity index (χ2n) is 5.41. The Balaban J connectivity index is 1.70. The summed E-state index contributed by atoms with van der Waals surface area (Å²) >= 11 is 0. The van der Waals surface area contributed by atoms with E-state index < -0.39 is 6.10 Å². The van der Waals surface area contributed by atoms with E-state index in [-0.39, 0.29) is 0 Å². The first-order chi connectivity index (χ1) is 9.83. The van der Waals surface area contributed by atoms with E-state index in [1.807, 2.05) is 12.3 Å². The minimum absolute atomic E-state index is 0.402. The molecule has 0 fully saturated rings. The topological polar surface area (TPSA) is 41.3 Å². The van der Waals surface area contributed by atoms with Gasteiger partial charge >= 0.3 is 0 Å².